The monoisotopic (exact) mass is 347 g/mol. The first-order valence-corrected chi connectivity index (χ1v) is 9.13. The minimum atomic E-state index is 0.335. The maximum absolute atomic E-state index is 8.13. The number of hydrogen-bond acceptors (Lipinski definition) is 4. The van der Waals surface area contributed by atoms with Gasteiger partial charge in [-0.2, -0.15) is 0 Å². The van der Waals surface area contributed by atoms with E-state index in [1.165, 1.54) is 0 Å². The summed E-state index contributed by atoms with van der Waals surface area (Å²) in [6, 6.07) is 12.1. The molecule has 0 amide bonds. The molecule has 0 unspecified atom stereocenters. The van der Waals surface area contributed by atoms with Crippen molar-refractivity contribution in [2.24, 2.45) is 5.92 Å². The van der Waals surface area contributed by atoms with Crippen LogP contribution in [0, 0.1) is 18.3 Å². The first kappa shape index (κ1) is 18.1. The average molecular weight is 347 g/mol. The second-order valence-corrected chi connectivity index (χ2v) is 6.68. The summed E-state index contributed by atoms with van der Waals surface area (Å²) < 4.78 is 5.87. The van der Waals surface area contributed by atoms with Gasteiger partial charge in [0.1, 0.15) is 5.76 Å². The number of rotatable bonds is 7. The lowest BCUT2D eigenvalue weighted by Crippen LogP contribution is -2.10. The lowest BCUT2D eigenvalue weighted by atomic mass is 9.98. The van der Waals surface area contributed by atoms with Crippen molar-refractivity contribution >= 4 is 5.71 Å². The van der Waals surface area contributed by atoms with Crippen molar-refractivity contribution in [2.75, 3.05) is 0 Å². The third kappa shape index (κ3) is 4.07. The predicted molar refractivity (Wildman–Crippen MR) is 105 cm³/mol. The Hall–Kier alpha value is -2.75. The lowest BCUT2D eigenvalue weighted by Gasteiger charge is -2.09. The molecule has 0 radical (unpaired) electrons. The van der Waals surface area contributed by atoms with E-state index in [1.807, 2.05) is 37.4 Å². The quantitative estimate of drug-likeness (QED) is 0.557. The minimum Gasteiger partial charge on any atom is -0.441 e. The molecule has 3 rings (SSSR count). The van der Waals surface area contributed by atoms with Crippen LogP contribution in [-0.2, 0) is 6.42 Å². The maximum Gasteiger partial charge on any atom is 0.226 e. The standard InChI is InChI=1S/C22H25N3O/c1-4-15(2)20(23)11-12-21-16(3)26-22(25-21)18-9-7-17(8-10-18)19-6-5-13-24-14-19/h5-10,13-15,23H,4,11-12H2,1-3H3/t15-/m1/s1. The Morgan fingerprint density at radius 3 is 2.50 bits per heavy atom. The van der Waals surface area contributed by atoms with Crippen molar-refractivity contribution in [3.05, 3.63) is 60.2 Å². The van der Waals surface area contributed by atoms with Gasteiger partial charge in [0, 0.05) is 23.7 Å². The first-order valence-electron chi connectivity index (χ1n) is 9.13. The van der Waals surface area contributed by atoms with E-state index in [0.29, 0.717) is 11.8 Å². The summed E-state index contributed by atoms with van der Waals surface area (Å²) in [6.07, 6.45) is 6.13. The van der Waals surface area contributed by atoms with E-state index in [2.05, 4.69) is 35.9 Å². The zero-order valence-corrected chi connectivity index (χ0v) is 15.6. The van der Waals surface area contributed by atoms with Gasteiger partial charge in [0.25, 0.3) is 0 Å². The molecule has 134 valence electrons. The molecule has 0 aliphatic heterocycles. The van der Waals surface area contributed by atoms with Crippen LogP contribution in [-0.4, -0.2) is 15.7 Å². The van der Waals surface area contributed by atoms with E-state index >= 15 is 0 Å². The van der Waals surface area contributed by atoms with Crippen LogP contribution in [0.1, 0.15) is 38.1 Å². The van der Waals surface area contributed by atoms with Crippen LogP contribution in [0.15, 0.2) is 53.2 Å². The van der Waals surface area contributed by atoms with Crippen molar-refractivity contribution in [2.45, 2.75) is 40.0 Å². The summed E-state index contributed by atoms with van der Waals surface area (Å²) in [6.45, 7) is 6.17. The van der Waals surface area contributed by atoms with Gasteiger partial charge in [0.2, 0.25) is 5.89 Å². The summed E-state index contributed by atoms with van der Waals surface area (Å²) in [4.78, 5) is 8.83. The lowest BCUT2D eigenvalue weighted by molar-refractivity contribution is 0.539. The fourth-order valence-corrected chi connectivity index (χ4v) is 2.87. The number of benzene rings is 1. The fourth-order valence-electron chi connectivity index (χ4n) is 2.87. The molecule has 26 heavy (non-hydrogen) atoms. The highest BCUT2D eigenvalue weighted by Crippen LogP contribution is 2.26. The Labute approximate surface area is 154 Å². The number of hydrogen-bond donors (Lipinski definition) is 1. The van der Waals surface area contributed by atoms with E-state index in [0.717, 1.165) is 53.1 Å². The fraction of sp³-hybridized carbons (Fsp3) is 0.318. The van der Waals surface area contributed by atoms with Gasteiger partial charge < -0.3 is 9.83 Å². The molecule has 1 aromatic carbocycles. The van der Waals surface area contributed by atoms with Gasteiger partial charge in [-0.25, -0.2) is 4.98 Å². The molecular formula is C22H25N3O. The number of aromatic nitrogens is 2. The molecule has 1 atom stereocenters. The van der Waals surface area contributed by atoms with Crippen molar-refractivity contribution in [1.29, 1.82) is 5.41 Å². The smallest absolute Gasteiger partial charge is 0.226 e. The molecule has 2 heterocycles. The molecule has 0 spiro atoms. The molecule has 0 bridgehead atoms. The average Bonchev–Trinajstić information content (AvgIpc) is 3.07. The van der Waals surface area contributed by atoms with Gasteiger partial charge in [-0.05, 0) is 61.4 Å². The third-order valence-corrected chi connectivity index (χ3v) is 4.86. The van der Waals surface area contributed by atoms with E-state index in [1.54, 1.807) is 6.20 Å². The molecule has 0 aliphatic carbocycles. The van der Waals surface area contributed by atoms with Gasteiger partial charge in [0.05, 0.1) is 5.69 Å². The highest BCUT2D eigenvalue weighted by Gasteiger charge is 2.14. The highest BCUT2D eigenvalue weighted by atomic mass is 16.4. The Bertz CT molecular complexity index is 866. The number of pyridine rings is 1. The predicted octanol–water partition coefficient (Wildman–Crippen LogP) is 5.71. The molecule has 2 aromatic heterocycles. The maximum atomic E-state index is 8.13. The van der Waals surface area contributed by atoms with Gasteiger partial charge in [0.15, 0.2) is 0 Å². The van der Waals surface area contributed by atoms with Gasteiger partial charge in [-0.1, -0.05) is 32.0 Å². The van der Waals surface area contributed by atoms with Crippen LogP contribution in [0.4, 0.5) is 0 Å². The van der Waals surface area contributed by atoms with Crippen LogP contribution < -0.4 is 0 Å². The molecule has 0 fully saturated rings. The van der Waals surface area contributed by atoms with Crippen LogP contribution in [0.25, 0.3) is 22.6 Å². The Morgan fingerprint density at radius 2 is 1.85 bits per heavy atom. The van der Waals surface area contributed by atoms with E-state index < -0.39 is 0 Å². The number of oxazole rings is 1. The Balaban J connectivity index is 1.73. The van der Waals surface area contributed by atoms with E-state index in [4.69, 9.17) is 9.83 Å². The van der Waals surface area contributed by atoms with Crippen molar-refractivity contribution in [3.63, 3.8) is 0 Å². The number of nitrogens with zero attached hydrogens (tertiary/aromatic N) is 2. The first-order chi connectivity index (χ1) is 12.6. The van der Waals surface area contributed by atoms with Gasteiger partial charge in [-0.3, -0.25) is 4.98 Å². The van der Waals surface area contributed by atoms with Gasteiger partial charge >= 0.3 is 0 Å². The summed E-state index contributed by atoms with van der Waals surface area (Å²) in [7, 11) is 0. The second kappa shape index (κ2) is 8.09. The van der Waals surface area contributed by atoms with Crippen LogP contribution in [0.3, 0.4) is 0 Å². The Kier molecular flexibility index (Phi) is 5.61. The zero-order valence-electron chi connectivity index (χ0n) is 15.6. The molecule has 4 heteroatoms. The van der Waals surface area contributed by atoms with Crippen LogP contribution in [0.5, 0.6) is 0 Å². The second-order valence-electron chi connectivity index (χ2n) is 6.68. The van der Waals surface area contributed by atoms with Gasteiger partial charge in [-0.15, -0.1) is 0 Å². The highest BCUT2D eigenvalue weighted by molar-refractivity contribution is 5.83. The molecule has 0 saturated carbocycles. The summed E-state index contributed by atoms with van der Waals surface area (Å²) in [5.41, 5.74) is 4.91. The minimum absolute atomic E-state index is 0.335. The molecule has 0 aliphatic rings. The third-order valence-electron chi connectivity index (χ3n) is 4.86. The number of aryl methyl sites for hydroxylation is 2. The zero-order chi connectivity index (χ0) is 18.5. The Morgan fingerprint density at radius 1 is 1.12 bits per heavy atom. The summed E-state index contributed by atoms with van der Waals surface area (Å²) >= 11 is 0. The van der Waals surface area contributed by atoms with E-state index in [-0.39, 0.29) is 0 Å². The normalized spacial score (nSPS) is 12.1. The molecule has 0 saturated heterocycles. The topological polar surface area (TPSA) is 62.8 Å². The summed E-state index contributed by atoms with van der Waals surface area (Å²) in [5.74, 6) is 1.82. The van der Waals surface area contributed by atoms with E-state index in [9.17, 15) is 0 Å². The molecule has 1 N–H and O–H groups in total. The number of nitrogens with one attached hydrogen (secondary N) is 1. The molecular weight excluding hydrogens is 322 g/mol. The SMILES string of the molecule is CC[C@@H](C)C(=N)CCc1nc(-c2ccc(-c3cccnc3)cc2)oc1C. The van der Waals surface area contributed by atoms with Crippen LogP contribution in [0.2, 0.25) is 0 Å². The van der Waals surface area contributed by atoms with Crippen molar-refractivity contribution in [1.82, 2.24) is 9.97 Å². The largest absolute Gasteiger partial charge is 0.441 e. The van der Waals surface area contributed by atoms with Crippen molar-refractivity contribution in [3.8, 4) is 22.6 Å². The van der Waals surface area contributed by atoms with Crippen molar-refractivity contribution < 1.29 is 4.42 Å². The molecule has 3 aromatic rings. The van der Waals surface area contributed by atoms with Crippen LogP contribution >= 0.6 is 0 Å². The molecule has 4 nitrogen and oxygen atoms in total. The summed E-state index contributed by atoms with van der Waals surface area (Å²) in [5, 5.41) is 8.13.